The van der Waals surface area contributed by atoms with Gasteiger partial charge < -0.3 is 20.5 Å². The number of piperazine rings is 1. The number of carbonyl (C=O) groups is 1. The van der Waals surface area contributed by atoms with E-state index in [2.05, 4.69) is 35.5 Å². The maximum absolute atomic E-state index is 12.6. The maximum Gasteiger partial charge on any atom is 0.397 e. The quantitative estimate of drug-likeness (QED) is 0.466. The first-order valence-electron chi connectivity index (χ1n) is 11.9. The second kappa shape index (κ2) is 9.85. The fraction of sp³-hybridized carbons (Fsp3) is 0.360. The van der Waals surface area contributed by atoms with Gasteiger partial charge in [0, 0.05) is 50.7 Å². The Hall–Kier alpha value is -3.93. The molecule has 2 aliphatic rings. The van der Waals surface area contributed by atoms with Gasteiger partial charge >= 0.3 is 6.18 Å². The van der Waals surface area contributed by atoms with Crippen molar-refractivity contribution in [1.29, 1.82) is 0 Å². The van der Waals surface area contributed by atoms with E-state index in [9.17, 15) is 18.0 Å². The van der Waals surface area contributed by atoms with Gasteiger partial charge in [-0.15, -0.1) is 0 Å². The normalized spacial score (nSPS) is 20.3. The molecule has 1 unspecified atom stereocenters. The number of aromatic amines is 1. The summed E-state index contributed by atoms with van der Waals surface area (Å²) in [5.74, 6) is 0.399. The molecule has 3 aromatic rings. The van der Waals surface area contributed by atoms with Gasteiger partial charge in [-0.1, -0.05) is 12.1 Å². The van der Waals surface area contributed by atoms with Crippen LogP contribution in [0, 0.1) is 6.92 Å². The minimum absolute atomic E-state index is 0.251. The highest BCUT2D eigenvalue weighted by Gasteiger charge is 2.36. The van der Waals surface area contributed by atoms with Crippen LogP contribution in [0.5, 0.6) is 0 Å². The third-order valence-electron chi connectivity index (χ3n) is 6.42. The lowest BCUT2D eigenvalue weighted by molar-refractivity contribution is -0.162. The van der Waals surface area contributed by atoms with Crippen molar-refractivity contribution in [3.8, 4) is 11.1 Å². The Bertz CT molecular complexity index is 1330. The molecule has 2 aliphatic heterocycles. The fourth-order valence-corrected chi connectivity index (χ4v) is 4.53. The molecule has 1 saturated heterocycles. The van der Waals surface area contributed by atoms with E-state index in [1.54, 1.807) is 12.4 Å². The number of allylic oxidation sites excluding steroid dienone is 2. The van der Waals surface area contributed by atoms with Gasteiger partial charge in [-0.3, -0.25) is 9.69 Å². The summed E-state index contributed by atoms with van der Waals surface area (Å²) in [6.07, 6.45) is 5.27. The first kappa shape index (κ1) is 24.8. The largest absolute Gasteiger partial charge is 0.397 e. The van der Waals surface area contributed by atoms with Crippen molar-refractivity contribution in [3.63, 3.8) is 0 Å². The molecular weight excluding hydrogens is 485 g/mol. The summed E-state index contributed by atoms with van der Waals surface area (Å²) in [7, 11) is 0. The Morgan fingerprint density at radius 1 is 1.11 bits per heavy atom. The number of dihydropyridines is 1. The number of imidazole rings is 1. The molecule has 1 amide bonds. The van der Waals surface area contributed by atoms with Gasteiger partial charge in [-0.2, -0.15) is 13.2 Å². The number of benzene rings is 1. The first-order chi connectivity index (χ1) is 17.7. The average molecular weight is 513 g/mol. The summed E-state index contributed by atoms with van der Waals surface area (Å²) in [6, 6.07) is 5.90. The predicted octanol–water partition coefficient (Wildman–Crippen LogP) is 3.21. The number of amides is 1. The minimum atomic E-state index is -4.49. The summed E-state index contributed by atoms with van der Waals surface area (Å²) in [5.41, 5.74) is 2.82. The van der Waals surface area contributed by atoms with Gasteiger partial charge in [0.25, 0.3) is 0 Å². The molecule has 0 radical (unpaired) electrons. The number of carbonyl (C=O) groups excluding carboxylic acids is 1. The first-order valence-corrected chi connectivity index (χ1v) is 11.9. The number of aromatic nitrogens is 4. The van der Waals surface area contributed by atoms with Crippen molar-refractivity contribution in [2.45, 2.75) is 25.2 Å². The molecule has 0 spiro atoms. The zero-order valence-corrected chi connectivity index (χ0v) is 20.2. The molecule has 9 nitrogen and oxygen atoms in total. The Kier molecular flexibility index (Phi) is 6.59. The van der Waals surface area contributed by atoms with Gasteiger partial charge in [0.15, 0.2) is 0 Å². The number of alkyl halides is 3. The van der Waals surface area contributed by atoms with Crippen LogP contribution >= 0.6 is 0 Å². The number of anilines is 1. The fourth-order valence-electron chi connectivity index (χ4n) is 4.53. The minimum Gasteiger partial charge on any atom is -0.365 e. The van der Waals surface area contributed by atoms with E-state index in [-0.39, 0.29) is 13.1 Å². The third-order valence-corrected chi connectivity index (χ3v) is 6.42. The maximum atomic E-state index is 12.6. The monoisotopic (exact) mass is 512 g/mol. The van der Waals surface area contributed by atoms with E-state index in [4.69, 9.17) is 0 Å². The molecule has 4 heterocycles. The molecule has 5 rings (SSSR count). The second-order valence-corrected chi connectivity index (χ2v) is 9.24. The zero-order valence-electron chi connectivity index (χ0n) is 20.2. The highest BCUT2D eigenvalue weighted by molar-refractivity contribution is 5.83. The van der Waals surface area contributed by atoms with Crippen LogP contribution in [0.25, 0.3) is 22.2 Å². The van der Waals surface area contributed by atoms with Crippen LogP contribution in [0.4, 0.5) is 19.1 Å². The average Bonchev–Trinajstić information content (AvgIpc) is 3.25. The van der Waals surface area contributed by atoms with E-state index in [1.807, 2.05) is 49.6 Å². The van der Waals surface area contributed by atoms with Crippen molar-refractivity contribution in [2.24, 2.45) is 0 Å². The zero-order chi connectivity index (χ0) is 26.0. The van der Waals surface area contributed by atoms with E-state index in [1.165, 1.54) is 4.90 Å². The van der Waals surface area contributed by atoms with Crippen molar-refractivity contribution in [1.82, 2.24) is 35.1 Å². The molecule has 37 heavy (non-hydrogen) atoms. The van der Waals surface area contributed by atoms with E-state index in [0.29, 0.717) is 31.4 Å². The molecule has 1 aromatic carbocycles. The van der Waals surface area contributed by atoms with Gasteiger partial charge in [0.2, 0.25) is 11.9 Å². The standard InChI is InChI=1S/C25H27F3N8O/c1-17-29-14-19(15-30-17)18-4-5-20-21(12-18)33-23(32-20)34-24(6-2-3-7-31-24)16-35-8-10-36(11-9-35)22(37)13-25(26,27)28/h2-7,12,14-15,31H,8-11,13,16H2,1H3,(H2,32,33,34). The Balaban J connectivity index is 1.28. The van der Waals surface area contributed by atoms with Gasteiger partial charge in [0.1, 0.15) is 17.9 Å². The SMILES string of the molecule is Cc1ncc(-c2ccc3nc(NC4(CN5CCN(C(=O)CC(F)(F)F)CC5)C=CC=CN4)[nH]c3c2)cn1. The van der Waals surface area contributed by atoms with Crippen molar-refractivity contribution in [2.75, 3.05) is 38.0 Å². The highest BCUT2D eigenvalue weighted by Crippen LogP contribution is 2.26. The Morgan fingerprint density at radius 3 is 2.54 bits per heavy atom. The van der Waals surface area contributed by atoms with Crippen LogP contribution in [0.3, 0.4) is 0 Å². The van der Waals surface area contributed by atoms with Crippen molar-refractivity contribution >= 4 is 22.9 Å². The predicted molar refractivity (Wildman–Crippen MR) is 133 cm³/mol. The number of halogens is 3. The smallest absolute Gasteiger partial charge is 0.365 e. The number of fused-ring (bicyclic) bond motifs is 1. The van der Waals surface area contributed by atoms with Crippen molar-refractivity contribution < 1.29 is 18.0 Å². The summed E-state index contributed by atoms with van der Waals surface area (Å²) < 4.78 is 37.8. The number of hydrogen-bond acceptors (Lipinski definition) is 7. The van der Waals surface area contributed by atoms with Gasteiger partial charge in [-0.05, 0) is 43.0 Å². The topological polar surface area (TPSA) is 102 Å². The molecule has 1 atom stereocenters. The summed E-state index contributed by atoms with van der Waals surface area (Å²) in [6.45, 7) is 3.79. The van der Waals surface area contributed by atoms with E-state index < -0.39 is 24.2 Å². The van der Waals surface area contributed by atoms with Crippen LogP contribution in [0.2, 0.25) is 0 Å². The molecular formula is C25H27F3N8O. The lowest BCUT2D eigenvalue weighted by atomic mass is 10.1. The van der Waals surface area contributed by atoms with Crippen LogP contribution in [0.1, 0.15) is 12.2 Å². The highest BCUT2D eigenvalue weighted by atomic mass is 19.4. The van der Waals surface area contributed by atoms with Gasteiger partial charge in [-0.25, -0.2) is 15.0 Å². The molecule has 0 aliphatic carbocycles. The molecule has 0 bridgehead atoms. The van der Waals surface area contributed by atoms with Gasteiger partial charge in [0.05, 0.1) is 11.0 Å². The molecule has 194 valence electrons. The summed E-state index contributed by atoms with van der Waals surface area (Å²) in [4.78, 5) is 31.9. The molecule has 1 fully saturated rings. The summed E-state index contributed by atoms with van der Waals surface area (Å²) >= 11 is 0. The number of nitrogens with one attached hydrogen (secondary N) is 3. The number of H-pyrrole nitrogens is 1. The molecule has 12 heteroatoms. The number of nitrogens with zero attached hydrogens (tertiary/aromatic N) is 5. The number of aryl methyl sites for hydroxylation is 1. The summed E-state index contributed by atoms with van der Waals surface area (Å²) in [5, 5.41) is 6.81. The Morgan fingerprint density at radius 2 is 1.86 bits per heavy atom. The number of hydrogen-bond donors (Lipinski definition) is 3. The lowest BCUT2D eigenvalue weighted by Crippen LogP contribution is -2.60. The number of rotatable bonds is 6. The van der Waals surface area contributed by atoms with Crippen LogP contribution in [0.15, 0.2) is 55.0 Å². The van der Waals surface area contributed by atoms with Crippen LogP contribution in [-0.4, -0.2) is 80.2 Å². The van der Waals surface area contributed by atoms with E-state index in [0.717, 1.165) is 22.2 Å². The van der Waals surface area contributed by atoms with Crippen LogP contribution in [-0.2, 0) is 4.79 Å². The molecule has 2 aromatic heterocycles. The lowest BCUT2D eigenvalue weighted by Gasteiger charge is -2.41. The van der Waals surface area contributed by atoms with Crippen molar-refractivity contribution in [3.05, 3.63) is 60.8 Å². The van der Waals surface area contributed by atoms with Crippen LogP contribution < -0.4 is 10.6 Å². The third kappa shape index (κ3) is 5.91. The van der Waals surface area contributed by atoms with E-state index >= 15 is 0 Å². The Labute approximate surface area is 211 Å². The molecule has 0 saturated carbocycles. The second-order valence-electron chi connectivity index (χ2n) is 9.24. The molecule has 3 N–H and O–H groups in total.